The third-order valence-electron chi connectivity index (χ3n) is 2.40. The highest BCUT2D eigenvalue weighted by molar-refractivity contribution is 5.70. The van der Waals surface area contributed by atoms with Crippen LogP contribution in [0.2, 0.25) is 0 Å². The predicted molar refractivity (Wildman–Crippen MR) is 63.6 cm³/mol. The Kier molecular flexibility index (Phi) is 3.30. The van der Waals surface area contributed by atoms with Crippen molar-refractivity contribution < 1.29 is 14.0 Å². The van der Waals surface area contributed by atoms with Gasteiger partial charge < -0.3 is 19.7 Å². The number of ether oxygens (including phenoxy) is 2. The molecule has 0 amide bonds. The van der Waals surface area contributed by atoms with E-state index in [0.717, 1.165) is 16.9 Å². The Morgan fingerprint density at radius 3 is 2.76 bits per heavy atom. The highest BCUT2D eigenvalue weighted by Crippen LogP contribution is 2.33. The number of benzene rings is 1. The Morgan fingerprint density at radius 2 is 2.18 bits per heavy atom. The van der Waals surface area contributed by atoms with E-state index in [1.807, 2.05) is 18.2 Å². The van der Waals surface area contributed by atoms with Gasteiger partial charge in [0.15, 0.2) is 0 Å². The number of para-hydroxylation sites is 1. The minimum absolute atomic E-state index is 0.277. The molecule has 1 heterocycles. The van der Waals surface area contributed by atoms with E-state index in [1.54, 1.807) is 20.3 Å². The van der Waals surface area contributed by atoms with Gasteiger partial charge in [0.05, 0.1) is 13.7 Å². The van der Waals surface area contributed by atoms with Gasteiger partial charge in [-0.15, -0.1) is 0 Å². The molecule has 90 valence electrons. The zero-order valence-corrected chi connectivity index (χ0v) is 9.77. The number of nitrogens with zero attached hydrogens (tertiary/aromatic N) is 1. The average molecular weight is 234 g/mol. The molecule has 2 aromatic rings. The van der Waals surface area contributed by atoms with E-state index in [0.29, 0.717) is 12.3 Å². The summed E-state index contributed by atoms with van der Waals surface area (Å²) >= 11 is 0. The predicted octanol–water partition coefficient (Wildman–Crippen LogP) is 2.08. The van der Waals surface area contributed by atoms with Crippen LogP contribution in [0.4, 0.5) is 5.88 Å². The number of hydrogen-bond acceptors (Lipinski definition) is 5. The van der Waals surface area contributed by atoms with Gasteiger partial charge in [-0.2, -0.15) is 0 Å². The molecule has 17 heavy (non-hydrogen) atoms. The SMILES string of the molecule is COCc1cccc(-c2cc(N)on2)c1OC. The zero-order chi connectivity index (χ0) is 12.3. The van der Waals surface area contributed by atoms with Gasteiger partial charge in [-0.1, -0.05) is 17.3 Å². The topological polar surface area (TPSA) is 70.5 Å². The summed E-state index contributed by atoms with van der Waals surface area (Å²) in [6.07, 6.45) is 0. The number of anilines is 1. The molecule has 0 saturated heterocycles. The molecule has 5 heteroatoms. The normalized spacial score (nSPS) is 10.5. The Hall–Kier alpha value is -2.01. The van der Waals surface area contributed by atoms with E-state index in [9.17, 15) is 0 Å². The van der Waals surface area contributed by atoms with Crippen molar-refractivity contribution in [2.24, 2.45) is 0 Å². The average Bonchev–Trinajstić information content (AvgIpc) is 2.76. The van der Waals surface area contributed by atoms with E-state index in [-0.39, 0.29) is 5.88 Å². The molecule has 0 aliphatic heterocycles. The molecule has 0 aliphatic rings. The first kappa shape index (κ1) is 11.5. The maximum Gasteiger partial charge on any atom is 0.222 e. The molecule has 1 aromatic carbocycles. The molecule has 0 bridgehead atoms. The van der Waals surface area contributed by atoms with Crippen LogP contribution in [0.5, 0.6) is 5.75 Å². The Morgan fingerprint density at radius 1 is 1.35 bits per heavy atom. The van der Waals surface area contributed by atoms with Crippen molar-refractivity contribution in [1.82, 2.24) is 5.16 Å². The fourth-order valence-corrected chi connectivity index (χ4v) is 1.71. The van der Waals surface area contributed by atoms with Crippen molar-refractivity contribution in [3.63, 3.8) is 0 Å². The quantitative estimate of drug-likeness (QED) is 0.876. The highest BCUT2D eigenvalue weighted by Gasteiger charge is 2.13. The number of rotatable bonds is 4. The molecule has 2 rings (SSSR count). The molecule has 0 aliphatic carbocycles. The first-order valence-electron chi connectivity index (χ1n) is 5.13. The molecular formula is C12H14N2O3. The number of nitrogens with two attached hydrogens (primary N) is 1. The van der Waals surface area contributed by atoms with Gasteiger partial charge in [0.1, 0.15) is 11.4 Å². The molecule has 1 aromatic heterocycles. The second-order valence-electron chi connectivity index (χ2n) is 3.55. The molecule has 0 atom stereocenters. The molecule has 2 N–H and O–H groups in total. The Bertz CT molecular complexity index is 508. The zero-order valence-electron chi connectivity index (χ0n) is 9.77. The summed E-state index contributed by atoms with van der Waals surface area (Å²) in [7, 11) is 3.25. The van der Waals surface area contributed by atoms with E-state index >= 15 is 0 Å². The lowest BCUT2D eigenvalue weighted by Crippen LogP contribution is -1.96. The molecular weight excluding hydrogens is 220 g/mol. The highest BCUT2D eigenvalue weighted by atomic mass is 16.5. The molecule has 0 fully saturated rings. The van der Waals surface area contributed by atoms with Gasteiger partial charge in [0.2, 0.25) is 5.88 Å². The standard InChI is InChI=1S/C12H14N2O3/c1-15-7-8-4-3-5-9(12(8)16-2)10-6-11(13)17-14-10/h3-6H,7,13H2,1-2H3. The second-order valence-corrected chi connectivity index (χ2v) is 3.55. The first-order valence-corrected chi connectivity index (χ1v) is 5.13. The van der Waals surface area contributed by atoms with Crippen molar-refractivity contribution in [1.29, 1.82) is 0 Å². The van der Waals surface area contributed by atoms with Crippen LogP contribution in [-0.2, 0) is 11.3 Å². The number of aromatic nitrogens is 1. The fourth-order valence-electron chi connectivity index (χ4n) is 1.71. The number of methoxy groups -OCH3 is 2. The largest absolute Gasteiger partial charge is 0.496 e. The van der Waals surface area contributed by atoms with Crippen LogP contribution in [0, 0.1) is 0 Å². The second kappa shape index (κ2) is 4.88. The van der Waals surface area contributed by atoms with Gasteiger partial charge in [0, 0.05) is 24.3 Å². The lowest BCUT2D eigenvalue weighted by molar-refractivity contribution is 0.181. The van der Waals surface area contributed by atoms with Crippen LogP contribution in [0.25, 0.3) is 11.3 Å². The maximum atomic E-state index is 5.51. The molecule has 0 spiro atoms. The van der Waals surface area contributed by atoms with E-state index in [1.165, 1.54) is 0 Å². The lowest BCUT2D eigenvalue weighted by Gasteiger charge is -2.11. The summed E-state index contributed by atoms with van der Waals surface area (Å²) in [5.41, 5.74) is 7.95. The fraction of sp³-hybridized carbons (Fsp3) is 0.250. The van der Waals surface area contributed by atoms with Gasteiger partial charge in [0.25, 0.3) is 0 Å². The van der Waals surface area contributed by atoms with E-state index in [4.69, 9.17) is 19.7 Å². The summed E-state index contributed by atoms with van der Waals surface area (Å²) in [5, 5.41) is 3.88. The Labute approximate surface area is 99.1 Å². The van der Waals surface area contributed by atoms with Crippen molar-refractivity contribution >= 4 is 5.88 Å². The van der Waals surface area contributed by atoms with Gasteiger partial charge in [-0.3, -0.25) is 0 Å². The van der Waals surface area contributed by atoms with Gasteiger partial charge >= 0.3 is 0 Å². The number of hydrogen-bond donors (Lipinski definition) is 1. The van der Waals surface area contributed by atoms with Crippen LogP contribution in [0.1, 0.15) is 5.56 Å². The molecule has 0 saturated carbocycles. The van der Waals surface area contributed by atoms with Crippen LogP contribution >= 0.6 is 0 Å². The third-order valence-corrected chi connectivity index (χ3v) is 2.40. The third kappa shape index (κ3) is 2.24. The summed E-state index contributed by atoms with van der Waals surface area (Å²) in [5.74, 6) is 1.00. The summed E-state index contributed by atoms with van der Waals surface area (Å²) in [6.45, 7) is 0.477. The summed E-state index contributed by atoms with van der Waals surface area (Å²) in [4.78, 5) is 0. The van der Waals surface area contributed by atoms with E-state index in [2.05, 4.69) is 5.16 Å². The minimum atomic E-state index is 0.277. The summed E-state index contributed by atoms with van der Waals surface area (Å²) < 4.78 is 15.4. The number of nitrogen functional groups attached to an aromatic ring is 1. The Balaban J connectivity index is 2.49. The van der Waals surface area contributed by atoms with Crippen molar-refractivity contribution in [2.75, 3.05) is 20.0 Å². The van der Waals surface area contributed by atoms with Crippen LogP contribution in [0.3, 0.4) is 0 Å². The minimum Gasteiger partial charge on any atom is -0.496 e. The monoisotopic (exact) mass is 234 g/mol. The summed E-state index contributed by atoms with van der Waals surface area (Å²) in [6, 6.07) is 7.41. The van der Waals surface area contributed by atoms with Gasteiger partial charge in [-0.25, -0.2) is 0 Å². The lowest BCUT2D eigenvalue weighted by atomic mass is 10.1. The first-order chi connectivity index (χ1) is 8.26. The van der Waals surface area contributed by atoms with Crippen molar-refractivity contribution in [3.8, 4) is 17.0 Å². The van der Waals surface area contributed by atoms with Gasteiger partial charge in [-0.05, 0) is 6.07 Å². The molecule has 0 radical (unpaired) electrons. The molecule has 0 unspecified atom stereocenters. The van der Waals surface area contributed by atoms with Crippen LogP contribution in [0.15, 0.2) is 28.8 Å². The smallest absolute Gasteiger partial charge is 0.222 e. The van der Waals surface area contributed by atoms with E-state index < -0.39 is 0 Å². The van der Waals surface area contributed by atoms with Crippen molar-refractivity contribution in [2.45, 2.75) is 6.61 Å². The van der Waals surface area contributed by atoms with Crippen LogP contribution < -0.4 is 10.5 Å². The maximum absolute atomic E-state index is 5.51. The van der Waals surface area contributed by atoms with Crippen LogP contribution in [-0.4, -0.2) is 19.4 Å². The molecule has 5 nitrogen and oxygen atoms in total. The van der Waals surface area contributed by atoms with Crippen molar-refractivity contribution in [3.05, 3.63) is 29.8 Å².